The Balaban J connectivity index is 1.86. The molecule has 2 amide bonds. The molecular formula is C30H35FN2O2S. The quantitative estimate of drug-likeness (QED) is 0.332. The number of rotatable bonds is 12. The van der Waals surface area contributed by atoms with Crippen LogP contribution in [-0.2, 0) is 28.3 Å². The standard InChI is InChI=1S/C30H35FN2O2S/c1-4-23(3)32-30(35)28(18-24-12-6-5-7-13-24)33(19-25-14-10-11-22(2)17-25)29(34)21-36-20-26-15-8-9-16-27(26)31/h5-17,23,28H,4,18-21H2,1-3H3,(H,32,35)/t23-,28-/m0/s1. The number of hydrogen-bond donors (Lipinski definition) is 1. The van der Waals surface area contributed by atoms with Gasteiger partial charge in [-0.1, -0.05) is 85.3 Å². The number of hydrogen-bond acceptors (Lipinski definition) is 3. The molecule has 0 spiro atoms. The molecule has 190 valence electrons. The lowest BCUT2D eigenvalue weighted by Gasteiger charge is -2.32. The van der Waals surface area contributed by atoms with Gasteiger partial charge >= 0.3 is 0 Å². The van der Waals surface area contributed by atoms with Gasteiger partial charge in [0.2, 0.25) is 11.8 Å². The molecule has 0 unspecified atom stereocenters. The van der Waals surface area contributed by atoms with Gasteiger partial charge in [0.1, 0.15) is 11.9 Å². The molecule has 36 heavy (non-hydrogen) atoms. The van der Waals surface area contributed by atoms with Crippen molar-refractivity contribution in [1.82, 2.24) is 10.2 Å². The van der Waals surface area contributed by atoms with Crippen LogP contribution >= 0.6 is 11.8 Å². The van der Waals surface area contributed by atoms with Crippen LogP contribution in [-0.4, -0.2) is 34.6 Å². The van der Waals surface area contributed by atoms with Crippen molar-refractivity contribution in [2.24, 2.45) is 0 Å². The molecule has 6 heteroatoms. The zero-order valence-corrected chi connectivity index (χ0v) is 22.1. The van der Waals surface area contributed by atoms with Crippen molar-refractivity contribution < 1.29 is 14.0 Å². The summed E-state index contributed by atoms with van der Waals surface area (Å²) in [5, 5.41) is 3.08. The normalized spacial score (nSPS) is 12.6. The van der Waals surface area contributed by atoms with Gasteiger partial charge in [-0.3, -0.25) is 9.59 Å². The molecule has 0 bridgehead atoms. The maximum absolute atomic E-state index is 14.1. The molecule has 0 heterocycles. The molecule has 0 aromatic heterocycles. The summed E-state index contributed by atoms with van der Waals surface area (Å²) in [4.78, 5) is 28.8. The summed E-state index contributed by atoms with van der Waals surface area (Å²) < 4.78 is 14.1. The Hall–Kier alpha value is -3.12. The summed E-state index contributed by atoms with van der Waals surface area (Å²) >= 11 is 1.36. The minimum atomic E-state index is -0.663. The van der Waals surface area contributed by atoms with Gasteiger partial charge in [0, 0.05) is 24.8 Å². The molecule has 0 fully saturated rings. The molecular weight excluding hydrogens is 471 g/mol. The van der Waals surface area contributed by atoms with Gasteiger partial charge in [-0.15, -0.1) is 11.8 Å². The first-order valence-electron chi connectivity index (χ1n) is 12.4. The molecule has 3 aromatic carbocycles. The van der Waals surface area contributed by atoms with E-state index in [1.54, 1.807) is 23.1 Å². The number of amides is 2. The third-order valence-electron chi connectivity index (χ3n) is 6.15. The maximum Gasteiger partial charge on any atom is 0.243 e. The van der Waals surface area contributed by atoms with Crippen LogP contribution in [0, 0.1) is 12.7 Å². The highest BCUT2D eigenvalue weighted by atomic mass is 32.2. The molecule has 4 nitrogen and oxygen atoms in total. The van der Waals surface area contributed by atoms with Crippen molar-refractivity contribution in [2.45, 2.75) is 58.0 Å². The van der Waals surface area contributed by atoms with Crippen molar-refractivity contribution in [2.75, 3.05) is 5.75 Å². The third kappa shape index (κ3) is 8.23. The predicted molar refractivity (Wildman–Crippen MR) is 146 cm³/mol. The minimum Gasteiger partial charge on any atom is -0.352 e. The van der Waals surface area contributed by atoms with E-state index in [0.29, 0.717) is 24.3 Å². The van der Waals surface area contributed by atoms with Crippen molar-refractivity contribution in [3.63, 3.8) is 0 Å². The second kappa shape index (κ2) is 13.8. The Morgan fingerprint density at radius 3 is 2.36 bits per heavy atom. The van der Waals surface area contributed by atoms with Crippen molar-refractivity contribution >= 4 is 23.6 Å². The fourth-order valence-corrected chi connectivity index (χ4v) is 4.85. The lowest BCUT2D eigenvalue weighted by Crippen LogP contribution is -2.52. The molecule has 0 aliphatic carbocycles. The minimum absolute atomic E-state index is 0.00197. The maximum atomic E-state index is 14.1. The summed E-state index contributed by atoms with van der Waals surface area (Å²) in [6.45, 7) is 6.32. The Morgan fingerprint density at radius 2 is 1.67 bits per heavy atom. The van der Waals surface area contributed by atoms with Gasteiger partial charge in [0.15, 0.2) is 0 Å². The van der Waals surface area contributed by atoms with Crippen LogP contribution in [0.15, 0.2) is 78.9 Å². The molecule has 0 aliphatic heterocycles. The van der Waals surface area contributed by atoms with Crippen LogP contribution in [0.5, 0.6) is 0 Å². The first-order chi connectivity index (χ1) is 17.4. The molecule has 3 rings (SSSR count). The van der Waals surface area contributed by atoms with E-state index in [0.717, 1.165) is 23.1 Å². The second-order valence-electron chi connectivity index (χ2n) is 9.12. The van der Waals surface area contributed by atoms with E-state index >= 15 is 0 Å². The van der Waals surface area contributed by atoms with Crippen LogP contribution in [0.2, 0.25) is 0 Å². The lowest BCUT2D eigenvalue weighted by molar-refractivity contribution is -0.139. The van der Waals surface area contributed by atoms with Crippen LogP contribution in [0.3, 0.4) is 0 Å². The molecule has 0 saturated heterocycles. The number of carbonyl (C=O) groups is 2. The fourth-order valence-electron chi connectivity index (χ4n) is 3.95. The largest absolute Gasteiger partial charge is 0.352 e. The van der Waals surface area contributed by atoms with Gasteiger partial charge in [-0.2, -0.15) is 0 Å². The topological polar surface area (TPSA) is 49.4 Å². The van der Waals surface area contributed by atoms with E-state index in [1.165, 1.54) is 17.8 Å². The highest BCUT2D eigenvalue weighted by Crippen LogP contribution is 2.20. The molecule has 3 aromatic rings. The van der Waals surface area contributed by atoms with Crippen molar-refractivity contribution in [3.05, 3.63) is 107 Å². The van der Waals surface area contributed by atoms with Crippen molar-refractivity contribution in [1.29, 1.82) is 0 Å². The number of halogens is 1. The first kappa shape index (κ1) is 27.5. The summed E-state index contributed by atoms with van der Waals surface area (Å²) in [5.74, 6) is -0.0309. The highest BCUT2D eigenvalue weighted by molar-refractivity contribution is 7.99. The number of nitrogens with one attached hydrogen (secondary N) is 1. The zero-order chi connectivity index (χ0) is 25.9. The van der Waals surface area contributed by atoms with E-state index in [1.807, 2.05) is 75.4 Å². The van der Waals surface area contributed by atoms with Gasteiger partial charge in [0.25, 0.3) is 0 Å². The van der Waals surface area contributed by atoms with E-state index in [9.17, 15) is 14.0 Å². The van der Waals surface area contributed by atoms with Gasteiger partial charge in [0.05, 0.1) is 5.75 Å². The number of benzene rings is 3. The molecule has 0 aliphatic rings. The molecule has 0 saturated carbocycles. The number of nitrogens with zero attached hydrogens (tertiary/aromatic N) is 1. The SMILES string of the molecule is CC[C@H](C)NC(=O)[C@H](Cc1ccccc1)N(Cc1cccc(C)c1)C(=O)CSCc1ccccc1F. The average molecular weight is 507 g/mol. The Bertz CT molecular complexity index is 1140. The van der Waals surface area contributed by atoms with E-state index in [-0.39, 0.29) is 29.4 Å². The van der Waals surface area contributed by atoms with E-state index in [2.05, 4.69) is 5.32 Å². The lowest BCUT2D eigenvalue weighted by atomic mass is 10.0. The van der Waals surface area contributed by atoms with Crippen LogP contribution in [0.1, 0.15) is 42.5 Å². The van der Waals surface area contributed by atoms with E-state index < -0.39 is 6.04 Å². The number of aryl methyl sites for hydroxylation is 1. The summed E-state index contributed by atoms with van der Waals surface area (Å²) in [6.07, 6.45) is 1.22. The number of carbonyl (C=O) groups excluding carboxylic acids is 2. The fraction of sp³-hybridized carbons (Fsp3) is 0.333. The van der Waals surface area contributed by atoms with Crippen molar-refractivity contribution in [3.8, 4) is 0 Å². The Labute approximate surface area is 218 Å². The summed E-state index contributed by atoms with van der Waals surface area (Å²) in [6, 6.07) is 23.7. The van der Waals surface area contributed by atoms with Crippen LogP contribution < -0.4 is 5.32 Å². The molecule has 0 radical (unpaired) electrons. The van der Waals surface area contributed by atoms with E-state index in [4.69, 9.17) is 0 Å². The molecule has 1 N–H and O–H groups in total. The van der Waals surface area contributed by atoms with Gasteiger partial charge in [-0.05, 0) is 43.0 Å². The molecule has 2 atom stereocenters. The van der Waals surface area contributed by atoms with Gasteiger partial charge < -0.3 is 10.2 Å². The Morgan fingerprint density at radius 1 is 0.972 bits per heavy atom. The van der Waals surface area contributed by atoms with Gasteiger partial charge in [-0.25, -0.2) is 4.39 Å². The first-order valence-corrected chi connectivity index (χ1v) is 13.5. The third-order valence-corrected chi connectivity index (χ3v) is 7.11. The van der Waals surface area contributed by atoms with Crippen LogP contribution in [0.4, 0.5) is 4.39 Å². The monoisotopic (exact) mass is 506 g/mol. The highest BCUT2D eigenvalue weighted by Gasteiger charge is 2.31. The summed E-state index contributed by atoms with van der Waals surface area (Å²) in [5.41, 5.74) is 3.62. The zero-order valence-electron chi connectivity index (χ0n) is 21.2. The number of thioether (sulfide) groups is 1. The summed E-state index contributed by atoms with van der Waals surface area (Å²) in [7, 11) is 0. The average Bonchev–Trinajstić information content (AvgIpc) is 2.87. The van der Waals surface area contributed by atoms with Crippen LogP contribution in [0.25, 0.3) is 0 Å². The Kier molecular flexibility index (Phi) is 10.6. The predicted octanol–water partition coefficient (Wildman–Crippen LogP) is 5.92. The smallest absolute Gasteiger partial charge is 0.243 e. The second-order valence-corrected chi connectivity index (χ2v) is 10.1.